The van der Waals surface area contributed by atoms with E-state index >= 15 is 0 Å². The van der Waals surface area contributed by atoms with E-state index in [1.54, 1.807) is 0 Å². The third-order valence-electron chi connectivity index (χ3n) is 4.22. The van der Waals surface area contributed by atoms with Gasteiger partial charge in [0, 0.05) is 6.04 Å². The Morgan fingerprint density at radius 1 is 1.28 bits per heavy atom. The van der Waals surface area contributed by atoms with Gasteiger partial charge in [-0.2, -0.15) is 0 Å². The van der Waals surface area contributed by atoms with Gasteiger partial charge in [0.05, 0.1) is 18.6 Å². The van der Waals surface area contributed by atoms with Crippen LogP contribution in [0.25, 0.3) is 0 Å². The SMILES string of the molecule is Cc1cc(C(C)(C)C)ccc1C1(C(C)N)COC1. The average molecular weight is 247 g/mol. The number of hydrogen-bond donors (Lipinski definition) is 1. The summed E-state index contributed by atoms with van der Waals surface area (Å²) in [5.74, 6) is 0. The molecule has 1 aliphatic heterocycles. The third-order valence-corrected chi connectivity index (χ3v) is 4.22. The largest absolute Gasteiger partial charge is 0.379 e. The lowest BCUT2D eigenvalue weighted by Gasteiger charge is -2.46. The number of hydrogen-bond acceptors (Lipinski definition) is 2. The van der Waals surface area contributed by atoms with Gasteiger partial charge in [-0.3, -0.25) is 0 Å². The lowest BCUT2D eigenvalue weighted by Crippen LogP contribution is -2.57. The van der Waals surface area contributed by atoms with Crippen LogP contribution in [0.3, 0.4) is 0 Å². The molecule has 1 atom stereocenters. The van der Waals surface area contributed by atoms with Gasteiger partial charge in [-0.25, -0.2) is 0 Å². The Morgan fingerprint density at radius 2 is 1.89 bits per heavy atom. The zero-order valence-electron chi connectivity index (χ0n) is 12.2. The summed E-state index contributed by atoms with van der Waals surface area (Å²) in [5, 5.41) is 0. The van der Waals surface area contributed by atoms with Crippen molar-refractivity contribution in [3.05, 3.63) is 34.9 Å². The first-order valence-corrected chi connectivity index (χ1v) is 6.72. The molecule has 0 amide bonds. The van der Waals surface area contributed by atoms with Crippen molar-refractivity contribution in [2.24, 2.45) is 5.73 Å². The molecule has 1 fully saturated rings. The molecule has 1 unspecified atom stereocenters. The van der Waals surface area contributed by atoms with E-state index in [0.717, 1.165) is 13.2 Å². The van der Waals surface area contributed by atoms with Crippen molar-refractivity contribution >= 4 is 0 Å². The normalized spacial score (nSPS) is 20.3. The maximum Gasteiger partial charge on any atom is 0.0600 e. The molecule has 0 spiro atoms. The Morgan fingerprint density at radius 3 is 2.22 bits per heavy atom. The molecule has 2 rings (SSSR count). The maximum absolute atomic E-state index is 6.18. The number of aryl methyl sites for hydroxylation is 1. The van der Waals surface area contributed by atoms with Crippen LogP contribution >= 0.6 is 0 Å². The molecule has 1 aromatic rings. The van der Waals surface area contributed by atoms with Crippen LogP contribution in [0.2, 0.25) is 0 Å². The van der Waals surface area contributed by atoms with Crippen molar-refractivity contribution in [3.8, 4) is 0 Å². The summed E-state index contributed by atoms with van der Waals surface area (Å²) in [6.45, 7) is 12.5. The highest BCUT2D eigenvalue weighted by Crippen LogP contribution is 2.38. The van der Waals surface area contributed by atoms with Crippen molar-refractivity contribution < 1.29 is 4.74 Å². The van der Waals surface area contributed by atoms with E-state index in [2.05, 4.69) is 52.8 Å². The molecule has 0 saturated carbocycles. The summed E-state index contributed by atoms with van der Waals surface area (Å²) in [5.41, 5.74) is 10.5. The summed E-state index contributed by atoms with van der Waals surface area (Å²) in [6, 6.07) is 6.93. The minimum Gasteiger partial charge on any atom is -0.379 e. The predicted molar refractivity (Wildman–Crippen MR) is 76.0 cm³/mol. The standard InChI is InChI=1S/C16H25NO/c1-11-8-13(15(3,4)5)6-7-14(11)16(12(2)17)9-18-10-16/h6-8,12H,9-10,17H2,1-5H3. The first-order valence-electron chi connectivity index (χ1n) is 6.72. The topological polar surface area (TPSA) is 35.2 Å². The number of rotatable bonds is 2. The van der Waals surface area contributed by atoms with Crippen LogP contribution in [0.4, 0.5) is 0 Å². The van der Waals surface area contributed by atoms with Gasteiger partial charge in [0.1, 0.15) is 0 Å². The monoisotopic (exact) mass is 247 g/mol. The lowest BCUT2D eigenvalue weighted by molar-refractivity contribution is -0.0704. The highest BCUT2D eigenvalue weighted by molar-refractivity contribution is 5.41. The maximum atomic E-state index is 6.18. The molecule has 2 N–H and O–H groups in total. The Hall–Kier alpha value is -0.860. The Labute approximate surface area is 111 Å². The van der Waals surface area contributed by atoms with E-state index < -0.39 is 0 Å². The fourth-order valence-corrected chi connectivity index (χ4v) is 2.67. The molecule has 0 aliphatic carbocycles. The third kappa shape index (κ3) is 2.08. The molecule has 1 aromatic carbocycles. The molecular formula is C16H25NO. The minimum absolute atomic E-state index is 0.0283. The molecular weight excluding hydrogens is 222 g/mol. The molecule has 0 bridgehead atoms. The molecule has 2 heteroatoms. The highest BCUT2D eigenvalue weighted by atomic mass is 16.5. The zero-order valence-corrected chi connectivity index (χ0v) is 12.2. The van der Waals surface area contributed by atoms with Gasteiger partial charge in [0.2, 0.25) is 0 Å². The lowest BCUT2D eigenvalue weighted by atomic mass is 9.71. The van der Waals surface area contributed by atoms with Gasteiger partial charge < -0.3 is 10.5 Å². The summed E-state index contributed by atoms with van der Waals surface area (Å²) < 4.78 is 5.43. The van der Waals surface area contributed by atoms with Gasteiger partial charge >= 0.3 is 0 Å². The summed E-state index contributed by atoms with van der Waals surface area (Å²) >= 11 is 0. The second kappa shape index (κ2) is 4.36. The van der Waals surface area contributed by atoms with E-state index in [4.69, 9.17) is 10.5 Å². The number of benzene rings is 1. The molecule has 0 radical (unpaired) electrons. The Bertz CT molecular complexity index is 439. The van der Waals surface area contributed by atoms with Crippen LogP contribution < -0.4 is 5.73 Å². The molecule has 100 valence electrons. The van der Waals surface area contributed by atoms with Crippen molar-refractivity contribution in [1.82, 2.24) is 0 Å². The van der Waals surface area contributed by atoms with Crippen molar-refractivity contribution in [3.63, 3.8) is 0 Å². The van der Waals surface area contributed by atoms with Crippen molar-refractivity contribution in [1.29, 1.82) is 0 Å². The highest BCUT2D eigenvalue weighted by Gasteiger charge is 2.44. The van der Waals surface area contributed by atoms with Gasteiger partial charge in [-0.05, 0) is 36.0 Å². The second-order valence-electron chi connectivity index (χ2n) is 6.72. The van der Waals surface area contributed by atoms with Crippen LogP contribution in [0.15, 0.2) is 18.2 Å². The molecule has 1 saturated heterocycles. The van der Waals surface area contributed by atoms with Gasteiger partial charge in [-0.1, -0.05) is 39.0 Å². The number of ether oxygens (including phenoxy) is 1. The molecule has 1 heterocycles. The predicted octanol–water partition coefficient (Wildman–Crippen LogP) is 2.91. The second-order valence-corrected chi connectivity index (χ2v) is 6.72. The van der Waals surface area contributed by atoms with Crippen LogP contribution in [-0.2, 0) is 15.6 Å². The minimum atomic E-state index is 0.0283. The summed E-state index contributed by atoms with van der Waals surface area (Å²) in [7, 11) is 0. The fraction of sp³-hybridized carbons (Fsp3) is 0.625. The molecule has 2 nitrogen and oxygen atoms in total. The first kappa shape index (κ1) is 13.6. The van der Waals surface area contributed by atoms with Gasteiger partial charge in [0.15, 0.2) is 0 Å². The summed E-state index contributed by atoms with van der Waals surface area (Å²) in [6.07, 6.45) is 0. The van der Waals surface area contributed by atoms with Crippen LogP contribution in [0.5, 0.6) is 0 Å². The molecule has 18 heavy (non-hydrogen) atoms. The quantitative estimate of drug-likeness (QED) is 0.872. The van der Waals surface area contributed by atoms with Crippen molar-refractivity contribution in [2.45, 2.75) is 51.5 Å². The molecule has 0 aromatic heterocycles. The van der Waals surface area contributed by atoms with Crippen LogP contribution in [0, 0.1) is 6.92 Å². The van der Waals surface area contributed by atoms with Gasteiger partial charge in [0.25, 0.3) is 0 Å². The average Bonchev–Trinajstić information content (AvgIpc) is 2.16. The van der Waals surface area contributed by atoms with Crippen LogP contribution in [-0.4, -0.2) is 19.3 Å². The van der Waals surface area contributed by atoms with Crippen LogP contribution in [0.1, 0.15) is 44.4 Å². The summed E-state index contributed by atoms with van der Waals surface area (Å²) in [4.78, 5) is 0. The smallest absolute Gasteiger partial charge is 0.0600 e. The van der Waals surface area contributed by atoms with Gasteiger partial charge in [-0.15, -0.1) is 0 Å². The van der Waals surface area contributed by atoms with E-state index in [-0.39, 0.29) is 16.9 Å². The number of nitrogens with two attached hydrogens (primary N) is 1. The van der Waals surface area contributed by atoms with E-state index in [1.165, 1.54) is 16.7 Å². The first-order chi connectivity index (χ1) is 8.27. The zero-order chi connectivity index (χ0) is 13.6. The van der Waals surface area contributed by atoms with E-state index in [9.17, 15) is 0 Å². The van der Waals surface area contributed by atoms with Crippen molar-refractivity contribution in [2.75, 3.05) is 13.2 Å². The Kier molecular flexibility index (Phi) is 3.28. The fourth-order valence-electron chi connectivity index (χ4n) is 2.67. The Balaban J connectivity index is 2.42. The molecule has 1 aliphatic rings. The van der Waals surface area contributed by atoms with E-state index in [0.29, 0.717) is 0 Å². The van der Waals surface area contributed by atoms with E-state index in [1.807, 2.05) is 0 Å².